The number of oxazole rings is 1. The van der Waals surface area contributed by atoms with Crippen LogP contribution in [0.1, 0.15) is 30.2 Å². The molecule has 6 nitrogen and oxygen atoms in total. The second-order valence-corrected chi connectivity index (χ2v) is 6.60. The summed E-state index contributed by atoms with van der Waals surface area (Å²) >= 11 is 0. The first kappa shape index (κ1) is 17.1. The number of nitriles is 1. The Morgan fingerprint density at radius 1 is 1.19 bits per heavy atom. The maximum absolute atomic E-state index is 12.4. The van der Waals surface area contributed by atoms with Crippen LogP contribution in [0.2, 0.25) is 0 Å². The van der Waals surface area contributed by atoms with E-state index in [1.54, 1.807) is 24.3 Å². The van der Waals surface area contributed by atoms with Crippen molar-refractivity contribution in [3.8, 4) is 11.8 Å². The van der Waals surface area contributed by atoms with E-state index in [-0.39, 0.29) is 18.4 Å². The predicted molar refractivity (Wildman–Crippen MR) is 99.2 cm³/mol. The third kappa shape index (κ3) is 3.77. The number of likely N-dealkylation sites (tertiary alicyclic amines) is 1. The fourth-order valence-corrected chi connectivity index (χ4v) is 3.30. The number of rotatable bonds is 4. The molecule has 2 heterocycles. The zero-order valence-corrected chi connectivity index (χ0v) is 14.8. The Bertz CT molecular complexity index is 947. The zero-order chi connectivity index (χ0) is 18.6. The molecule has 0 aliphatic carbocycles. The summed E-state index contributed by atoms with van der Waals surface area (Å²) in [4.78, 5) is 18.8. The maximum Gasteiger partial charge on any atom is 0.260 e. The van der Waals surface area contributed by atoms with Crippen LogP contribution in [0.15, 0.2) is 52.9 Å². The van der Waals surface area contributed by atoms with Gasteiger partial charge in [-0.1, -0.05) is 12.1 Å². The van der Waals surface area contributed by atoms with Gasteiger partial charge in [0, 0.05) is 19.0 Å². The minimum absolute atomic E-state index is 0.000541. The fraction of sp³-hybridized carbons (Fsp3) is 0.286. The zero-order valence-electron chi connectivity index (χ0n) is 14.8. The topological polar surface area (TPSA) is 79.4 Å². The van der Waals surface area contributed by atoms with Gasteiger partial charge >= 0.3 is 0 Å². The number of piperidine rings is 1. The van der Waals surface area contributed by atoms with Crippen molar-refractivity contribution in [1.29, 1.82) is 5.26 Å². The van der Waals surface area contributed by atoms with Gasteiger partial charge < -0.3 is 14.1 Å². The molecule has 1 aromatic heterocycles. The van der Waals surface area contributed by atoms with Gasteiger partial charge in [-0.3, -0.25) is 4.79 Å². The third-order valence-corrected chi connectivity index (χ3v) is 4.85. The molecule has 0 radical (unpaired) electrons. The number of amides is 1. The highest BCUT2D eigenvalue weighted by molar-refractivity contribution is 5.78. The highest BCUT2D eigenvalue weighted by Gasteiger charge is 2.27. The fourth-order valence-electron chi connectivity index (χ4n) is 3.30. The molecule has 0 atom stereocenters. The number of carbonyl (C=O) groups excluding carboxylic acids is 1. The Kier molecular flexibility index (Phi) is 4.75. The van der Waals surface area contributed by atoms with Gasteiger partial charge in [0.1, 0.15) is 11.3 Å². The Hall–Kier alpha value is -3.33. The van der Waals surface area contributed by atoms with E-state index in [2.05, 4.69) is 11.1 Å². The summed E-state index contributed by atoms with van der Waals surface area (Å²) in [5, 5.41) is 8.80. The molecule has 136 valence electrons. The lowest BCUT2D eigenvalue weighted by Crippen LogP contribution is -2.40. The second-order valence-electron chi connectivity index (χ2n) is 6.60. The predicted octanol–water partition coefficient (Wildman–Crippen LogP) is 3.48. The molecule has 1 aliphatic heterocycles. The van der Waals surface area contributed by atoms with Crippen LogP contribution in [0.4, 0.5) is 0 Å². The van der Waals surface area contributed by atoms with Gasteiger partial charge in [-0.2, -0.15) is 5.26 Å². The van der Waals surface area contributed by atoms with Crippen LogP contribution >= 0.6 is 0 Å². The number of nitrogens with zero attached hydrogens (tertiary/aromatic N) is 3. The van der Waals surface area contributed by atoms with Crippen LogP contribution < -0.4 is 4.74 Å². The lowest BCUT2D eigenvalue weighted by atomic mass is 9.97. The van der Waals surface area contributed by atoms with Gasteiger partial charge in [0.25, 0.3) is 5.91 Å². The van der Waals surface area contributed by atoms with Crippen molar-refractivity contribution in [2.75, 3.05) is 19.7 Å². The van der Waals surface area contributed by atoms with Crippen molar-refractivity contribution in [3.05, 3.63) is 60.0 Å². The molecule has 2 aromatic carbocycles. The minimum atomic E-state index is -0.0321. The van der Waals surface area contributed by atoms with Crippen molar-refractivity contribution in [2.24, 2.45) is 0 Å². The van der Waals surface area contributed by atoms with E-state index in [1.165, 1.54) is 0 Å². The first-order valence-corrected chi connectivity index (χ1v) is 8.99. The lowest BCUT2D eigenvalue weighted by molar-refractivity contribution is -0.134. The summed E-state index contributed by atoms with van der Waals surface area (Å²) in [7, 11) is 0. The Morgan fingerprint density at radius 2 is 1.93 bits per heavy atom. The van der Waals surface area contributed by atoms with E-state index in [0.717, 1.165) is 29.8 Å². The van der Waals surface area contributed by atoms with Crippen molar-refractivity contribution in [1.82, 2.24) is 9.88 Å². The second kappa shape index (κ2) is 7.50. The summed E-state index contributed by atoms with van der Waals surface area (Å²) in [5.74, 6) is 1.55. The van der Waals surface area contributed by atoms with Gasteiger partial charge in [0.05, 0.1) is 11.6 Å². The molecule has 6 heteroatoms. The van der Waals surface area contributed by atoms with E-state index in [9.17, 15) is 4.79 Å². The number of carbonyl (C=O) groups is 1. The molecule has 0 N–H and O–H groups in total. The molecule has 27 heavy (non-hydrogen) atoms. The number of para-hydroxylation sites is 2. The normalized spacial score (nSPS) is 14.9. The average Bonchev–Trinajstić information content (AvgIpc) is 3.17. The molecule has 4 rings (SSSR count). The summed E-state index contributed by atoms with van der Waals surface area (Å²) in [6, 6.07) is 16.5. The summed E-state index contributed by atoms with van der Waals surface area (Å²) in [6.45, 7) is 1.33. The number of hydrogen-bond donors (Lipinski definition) is 0. The smallest absolute Gasteiger partial charge is 0.260 e. The number of fused-ring (bicyclic) bond motifs is 1. The van der Waals surface area contributed by atoms with E-state index in [4.69, 9.17) is 14.4 Å². The molecular formula is C21H19N3O3. The maximum atomic E-state index is 12.4. The molecule has 3 aromatic rings. The Morgan fingerprint density at radius 3 is 2.63 bits per heavy atom. The molecule has 0 bridgehead atoms. The van der Waals surface area contributed by atoms with Crippen molar-refractivity contribution < 1.29 is 13.9 Å². The van der Waals surface area contributed by atoms with Crippen LogP contribution in [-0.4, -0.2) is 35.5 Å². The van der Waals surface area contributed by atoms with Gasteiger partial charge in [-0.25, -0.2) is 4.98 Å². The van der Waals surface area contributed by atoms with E-state index in [1.807, 2.05) is 29.2 Å². The quantitative estimate of drug-likeness (QED) is 0.711. The van der Waals surface area contributed by atoms with E-state index in [0.29, 0.717) is 24.4 Å². The van der Waals surface area contributed by atoms with Gasteiger partial charge in [0.15, 0.2) is 18.1 Å². The monoisotopic (exact) mass is 361 g/mol. The van der Waals surface area contributed by atoms with Crippen molar-refractivity contribution in [3.63, 3.8) is 0 Å². The van der Waals surface area contributed by atoms with Crippen molar-refractivity contribution in [2.45, 2.75) is 18.8 Å². The number of aromatic nitrogens is 1. The van der Waals surface area contributed by atoms with Gasteiger partial charge in [-0.15, -0.1) is 0 Å². The SMILES string of the molecule is N#Cc1ccc(OCC(=O)N2CCC(c3nc4ccccc4o3)CC2)cc1. The van der Waals surface area contributed by atoms with Gasteiger partial charge in [-0.05, 0) is 49.2 Å². The molecule has 1 aliphatic rings. The summed E-state index contributed by atoms with van der Waals surface area (Å²) in [6.07, 6.45) is 1.66. The van der Waals surface area contributed by atoms with Crippen LogP contribution in [0, 0.1) is 11.3 Å². The van der Waals surface area contributed by atoms with Crippen LogP contribution in [0.3, 0.4) is 0 Å². The standard InChI is InChI=1S/C21H19N3O3/c22-13-15-5-7-17(8-6-15)26-14-20(25)24-11-9-16(10-12-24)21-23-18-3-1-2-4-19(18)27-21/h1-8,16H,9-12,14H2. The number of hydrogen-bond acceptors (Lipinski definition) is 5. The summed E-state index contributed by atoms with van der Waals surface area (Å²) < 4.78 is 11.4. The molecule has 1 saturated heterocycles. The highest BCUT2D eigenvalue weighted by Crippen LogP contribution is 2.29. The third-order valence-electron chi connectivity index (χ3n) is 4.85. The van der Waals surface area contributed by atoms with Crippen LogP contribution in [0.5, 0.6) is 5.75 Å². The Balaban J connectivity index is 1.30. The first-order chi connectivity index (χ1) is 13.2. The van der Waals surface area contributed by atoms with E-state index < -0.39 is 0 Å². The Labute approximate surface area is 157 Å². The highest BCUT2D eigenvalue weighted by atomic mass is 16.5. The molecule has 1 amide bonds. The molecule has 0 unspecified atom stereocenters. The molecule has 0 saturated carbocycles. The molecule has 0 spiro atoms. The largest absolute Gasteiger partial charge is 0.484 e. The number of benzene rings is 2. The average molecular weight is 361 g/mol. The van der Waals surface area contributed by atoms with Crippen LogP contribution in [-0.2, 0) is 4.79 Å². The summed E-state index contributed by atoms with van der Waals surface area (Å²) in [5.41, 5.74) is 2.25. The number of ether oxygens (including phenoxy) is 1. The minimum Gasteiger partial charge on any atom is -0.484 e. The van der Waals surface area contributed by atoms with Crippen molar-refractivity contribution >= 4 is 17.0 Å². The molecule has 1 fully saturated rings. The lowest BCUT2D eigenvalue weighted by Gasteiger charge is -2.30. The van der Waals surface area contributed by atoms with E-state index >= 15 is 0 Å². The first-order valence-electron chi connectivity index (χ1n) is 8.99. The molecular weight excluding hydrogens is 342 g/mol. The van der Waals surface area contributed by atoms with Crippen LogP contribution in [0.25, 0.3) is 11.1 Å². The van der Waals surface area contributed by atoms with Gasteiger partial charge in [0.2, 0.25) is 0 Å².